The summed E-state index contributed by atoms with van der Waals surface area (Å²) in [4.78, 5) is 22.5. The average molecular weight is 274 g/mol. The number of nitrogens with zero attached hydrogens (tertiary/aromatic N) is 1. The zero-order valence-corrected chi connectivity index (χ0v) is 10.1. The molecule has 0 fully saturated rings. The van der Waals surface area contributed by atoms with E-state index in [4.69, 9.17) is 0 Å². The summed E-state index contributed by atoms with van der Waals surface area (Å²) >= 11 is 3.26. The highest BCUT2D eigenvalue weighted by atomic mass is 79.9. The lowest BCUT2D eigenvalue weighted by Crippen LogP contribution is -2.35. The minimum absolute atomic E-state index is 0.0157. The van der Waals surface area contributed by atoms with E-state index >= 15 is 0 Å². The lowest BCUT2D eigenvalue weighted by Gasteiger charge is -2.04. The third-order valence-corrected chi connectivity index (χ3v) is 2.33. The molecule has 1 aromatic heterocycles. The van der Waals surface area contributed by atoms with Crippen molar-refractivity contribution in [3.63, 3.8) is 0 Å². The molecule has 0 spiro atoms. The van der Waals surface area contributed by atoms with E-state index in [2.05, 4.69) is 26.6 Å². The first-order chi connectivity index (χ1) is 7.04. The number of aryl methyl sites for hydroxylation is 1. The zero-order chi connectivity index (χ0) is 11.4. The van der Waals surface area contributed by atoms with E-state index in [1.807, 2.05) is 0 Å². The van der Waals surface area contributed by atoms with Crippen LogP contribution in [0.15, 0.2) is 16.7 Å². The highest BCUT2D eigenvalue weighted by Crippen LogP contribution is 2.13. The maximum atomic E-state index is 11.6. The topological polar surface area (TPSA) is 63.1 Å². The van der Waals surface area contributed by atoms with Crippen molar-refractivity contribution in [2.45, 2.75) is 0 Å². The summed E-state index contributed by atoms with van der Waals surface area (Å²) in [6.45, 7) is -0.0157. The number of carbonyl (C=O) groups is 2. The van der Waals surface area contributed by atoms with Crippen molar-refractivity contribution in [3.8, 4) is 0 Å². The molecule has 0 radical (unpaired) electrons. The molecule has 1 heterocycles. The fourth-order valence-electron chi connectivity index (χ4n) is 1.09. The number of rotatable bonds is 3. The molecule has 15 heavy (non-hydrogen) atoms. The smallest absolute Gasteiger partial charge is 0.268 e. The van der Waals surface area contributed by atoms with Crippen molar-refractivity contribution >= 4 is 27.7 Å². The van der Waals surface area contributed by atoms with Crippen molar-refractivity contribution in [3.05, 3.63) is 22.4 Å². The SMILES string of the molecule is CNC(=O)CNC(=O)c1cc(Br)cn1C. The van der Waals surface area contributed by atoms with E-state index in [1.54, 1.807) is 23.9 Å². The number of aromatic nitrogens is 1. The molecule has 0 atom stereocenters. The van der Waals surface area contributed by atoms with Crippen molar-refractivity contribution < 1.29 is 9.59 Å². The van der Waals surface area contributed by atoms with Crippen molar-refractivity contribution in [2.75, 3.05) is 13.6 Å². The molecule has 0 saturated carbocycles. The normalized spacial score (nSPS) is 9.80. The highest BCUT2D eigenvalue weighted by molar-refractivity contribution is 9.10. The summed E-state index contributed by atoms with van der Waals surface area (Å²) < 4.78 is 2.51. The van der Waals surface area contributed by atoms with Gasteiger partial charge < -0.3 is 15.2 Å². The van der Waals surface area contributed by atoms with Gasteiger partial charge in [0.05, 0.1) is 6.54 Å². The Morgan fingerprint density at radius 2 is 2.20 bits per heavy atom. The van der Waals surface area contributed by atoms with Gasteiger partial charge in [-0.05, 0) is 22.0 Å². The molecule has 0 saturated heterocycles. The fourth-order valence-corrected chi connectivity index (χ4v) is 1.61. The van der Waals surface area contributed by atoms with Crippen LogP contribution in [0.4, 0.5) is 0 Å². The van der Waals surface area contributed by atoms with Crippen LogP contribution in [-0.2, 0) is 11.8 Å². The summed E-state index contributed by atoms with van der Waals surface area (Å²) in [7, 11) is 3.28. The maximum Gasteiger partial charge on any atom is 0.268 e. The van der Waals surface area contributed by atoms with E-state index < -0.39 is 0 Å². The molecule has 5 nitrogen and oxygen atoms in total. The summed E-state index contributed by atoms with van der Waals surface area (Å²) in [6.07, 6.45) is 1.77. The first-order valence-corrected chi connectivity index (χ1v) is 5.14. The van der Waals surface area contributed by atoms with Crippen LogP contribution in [0, 0.1) is 0 Å². The fraction of sp³-hybridized carbons (Fsp3) is 0.333. The van der Waals surface area contributed by atoms with Gasteiger partial charge >= 0.3 is 0 Å². The third kappa shape index (κ3) is 3.09. The molecule has 0 aliphatic rings. The molecule has 0 aliphatic heterocycles. The molecule has 1 rings (SSSR count). The van der Waals surface area contributed by atoms with Crippen LogP contribution in [0.25, 0.3) is 0 Å². The molecule has 1 aromatic rings. The number of nitrogens with one attached hydrogen (secondary N) is 2. The van der Waals surface area contributed by atoms with E-state index in [0.717, 1.165) is 4.47 Å². The predicted molar refractivity (Wildman–Crippen MR) is 59.5 cm³/mol. The summed E-state index contributed by atoms with van der Waals surface area (Å²) in [6, 6.07) is 1.69. The lowest BCUT2D eigenvalue weighted by molar-refractivity contribution is -0.119. The standard InChI is InChI=1S/C9H12BrN3O2/c1-11-8(14)4-12-9(15)7-3-6(10)5-13(7)2/h3,5H,4H2,1-2H3,(H,11,14)(H,12,15). The number of likely N-dealkylation sites (N-methyl/N-ethyl adjacent to an activating group) is 1. The lowest BCUT2D eigenvalue weighted by atomic mass is 10.4. The zero-order valence-electron chi connectivity index (χ0n) is 8.50. The average Bonchev–Trinajstić information content (AvgIpc) is 2.53. The number of halogens is 1. The minimum Gasteiger partial charge on any atom is -0.358 e. The van der Waals surface area contributed by atoms with Crippen LogP contribution in [0.2, 0.25) is 0 Å². The van der Waals surface area contributed by atoms with Gasteiger partial charge in [-0.1, -0.05) is 0 Å². The van der Waals surface area contributed by atoms with Crippen LogP contribution < -0.4 is 10.6 Å². The van der Waals surface area contributed by atoms with E-state index in [1.165, 1.54) is 7.05 Å². The van der Waals surface area contributed by atoms with Gasteiger partial charge in [-0.15, -0.1) is 0 Å². The third-order valence-electron chi connectivity index (χ3n) is 1.89. The molecule has 0 unspecified atom stereocenters. The second-order valence-electron chi connectivity index (χ2n) is 3.01. The first kappa shape index (κ1) is 11.8. The predicted octanol–water partition coefficient (Wildman–Crippen LogP) is 0.263. The van der Waals surface area contributed by atoms with E-state index in [-0.39, 0.29) is 18.4 Å². The Morgan fingerprint density at radius 1 is 1.53 bits per heavy atom. The van der Waals surface area contributed by atoms with E-state index in [9.17, 15) is 9.59 Å². The monoisotopic (exact) mass is 273 g/mol. The van der Waals surface area contributed by atoms with Gasteiger partial charge in [0.1, 0.15) is 5.69 Å². The maximum absolute atomic E-state index is 11.6. The Hall–Kier alpha value is -1.30. The quantitative estimate of drug-likeness (QED) is 0.830. The Morgan fingerprint density at radius 3 is 2.67 bits per heavy atom. The number of amides is 2. The molecule has 0 aromatic carbocycles. The van der Waals surface area contributed by atoms with Crippen LogP contribution in [-0.4, -0.2) is 30.0 Å². The van der Waals surface area contributed by atoms with Crippen molar-refractivity contribution in [1.82, 2.24) is 15.2 Å². The Labute approximate surface area is 96.0 Å². The van der Waals surface area contributed by atoms with Crippen LogP contribution in [0.3, 0.4) is 0 Å². The molecule has 2 N–H and O–H groups in total. The van der Waals surface area contributed by atoms with Crippen molar-refractivity contribution in [2.24, 2.45) is 7.05 Å². The van der Waals surface area contributed by atoms with E-state index in [0.29, 0.717) is 5.69 Å². The second-order valence-corrected chi connectivity index (χ2v) is 3.93. The first-order valence-electron chi connectivity index (χ1n) is 4.35. The van der Waals surface area contributed by atoms with Crippen molar-refractivity contribution in [1.29, 1.82) is 0 Å². The number of carbonyl (C=O) groups excluding carboxylic acids is 2. The largest absolute Gasteiger partial charge is 0.358 e. The summed E-state index contributed by atoms with van der Waals surface area (Å²) in [5.74, 6) is -0.497. The van der Waals surface area contributed by atoms with Crippen LogP contribution >= 0.6 is 15.9 Å². The summed E-state index contributed by atoms with van der Waals surface area (Å²) in [5.41, 5.74) is 0.505. The Balaban J connectivity index is 2.61. The molecule has 0 bridgehead atoms. The molecule has 2 amide bonds. The molecule has 0 aliphatic carbocycles. The molecular weight excluding hydrogens is 262 g/mol. The van der Waals surface area contributed by atoms with Gasteiger partial charge in [-0.25, -0.2) is 0 Å². The molecule has 82 valence electrons. The van der Waals surface area contributed by atoms with Gasteiger partial charge in [0.25, 0.3) is 5.91 Å². The van der Waals surface area contributed by atoms with Gasteiger partial charge in [0.15, 0.2) is 0 Å². The van der Waals surface area contributed by atoms with Gasteiger partial charge in [-0.3, -0.25) is 9.59 Å². The summed E-state index contributed by atoms with van der Waals surface area (Å²) in [5, 5.41) is 4.93. The number of hydrogen-bond acceptors (Lipinski definition) is 2. The second kappa shape index (κ2) is 4.97. The molecule has 6 heteroatoms. The van der Waals surface area contributed by atoms with Crippen LogP contribution in [0.1, 0.15) is 10.5 Å². The number of hydrogen-bond donors (Lipinski definition) is 2. The highest BCUT2D eigenvalue weighted by Gasteiger charge is 2.11. The Kier molecular flexibility index (Phi) is 3.90. The van der Waals surface area contributed by atoms with Crippen LogP contribution in [0.5, 0.6) is 0 Å². The van der Waals surface area contributed by atoms with Gasteiger partial charge in [0.2, 0.25) is 5.91 Å². The molecular formula is C9H12BrN3O2. The Bertz CT molecular complexity index is 387. The van der Waals surface area contributed by atoms with Gasteiger partial charge in [0, 0.05) is 24.8 Å². The van der Waals surface area contributed by atoms with Gasteiger partial charge in [-0.2, -0.15) is 0 Å². The minimum atomic E-state index is -0.271.